The van der Waals surface area contributed by atoms with Gasteiger partial charge in [-0.15, -0.1) is 0 Å². The van der Waals surface area contributed by atoms with Crippen molar-refractivity contribution in [2.45, 2.75) is 25.8 Å². The third-order valence-corrected chi connectivity index (χ3v) is 3.88. The highest BCUT2D eigenvalue weighted by atomic mass is 35.5. The summed E-state index contributed by atoms with van der Waals surface area (Å²) in [6, 6.07) is 0. The van der Waals surface area contributed by atoms with Crippen LogP contribution >= 0.6 is 11.6 Å². The van der Waals surface area contributed by atoms with Crippen LogP contribution < -0.4 is 5.32 Å². The Kier molecular flexibility index (Phi) is 3.84. The van der Waals surface area contributed by atoms with Crippen LogP contribution in [-0.4, -0.2) is 32.6 Å². The van der Waals surface area contributed by atoms with Crippen molar-refractivity contribution >= 4 is 11.6 Å². The Morgan fingerprint density at radius 2 is 2.21 bits per heavy atom. The summed E-state index contributed by atoms with van der Waals surface area (Å²) >= 11 is 6.02. The number of halogens is 1. The molecule has 2 aromatic rings. The van der Waals surface area contributed by atoms with Crippen LogP contribution in [0.4, 0.5) is 0 Å². The van der Waals surface area contributed by atoms with Crippen LogP contribution in [0.2, 0.25) is 5.15 Å². The number of hydrogen-bond donors (Lipinski definition) is 2. The Labute approximate surface area is 117 Å². The molecule has 5 nitrogen and oxygen atoms in total. The van der Waals surface area contributed by atoms with Crippen molar-refractivity contribution in [3.63, 3.8) is 0 Å². The van der Waals surface area contributed by atoms with Gasteiger partial charge < -0.3 is 14.9 Å². The zero-order valence-corrected chi connectivity index (χ0v) is 11.5. The maximum absolute atomic E-state index is 6.02. The molecule has 0 atom stereocenters. The van der Waals surface area contributed by atoms with Gasteiger partial charge in [-0.2, -0.15) is 0 Å². The maximum atomic E-state index is 6.02. The number of aromatic amines is 1. The summed E-state index contributed by atoms with van der Waals surface area (Å²) in [5.41, 5.74) is 0. The molecule has 0 saturated carbocycles. The van der Waals surface area contributed by atoms with E-state index in [-0.39, 0.29) is 0 Å². The third-order valence-electron chi connectivity index (χ3n) is 3.69. The van der Waals surface area contributed by atoms with E-state index in [1.165, 1.54) is 19.3 Å². The number of aromatic nitrogens is 4. The number of imidazole rings is 2. The molecule has 1 fully saturated rings. The predicted molar refractivity (Wildman–Crippen MR) is 75.0 cm³/mol. The standard InChI is InChI=1S/C13H18ClN5/c14-11-9-19(8-3-10-1-4-15-5-2-10)13(18-11)12-16-6-7-17-12/h6-7,9-10,15H,1-5,8H2,(H,16,17). The molecule has 1 aliphatic heterocycles. The largest absolute Gasteiger partial charge is 0.342 e. The van der Waals surface area contributed by atoms with Crippen LogP contribution in [0.15, 0.2) is 18.6 Å². The third kappa shape index (κ3) is 2.98. The van der Waals surface area contributed by atoms with E-state index in [9.17, 15) is 0 Å². The molecule has 1 aliphatic rings. The van der Waals surface area contributed by atoms with Gasteiger partial charge in [0.1, 0.15) is 5.15 Å². The lowest BCUT2D eigenvalue weighted by molar-refractivity contribution is 0.338. The molecule has 0 bridgehead atoms. The molecule has 3 rings (SSSR count). The Balaban J connectivity index is 1.70. The van der Waals surface area contributed by atoms with Crippen LogP contribution in [0.3, 0.4) is 0 Å². The van der Waals surface area contributed by atoms with E-state index in [0.717, 1.165) is 37.2 Å². The van der Waals surface area contributed by atoms with Crippen LogP contribution in [-0.2, 0) is 6.54 Å². The molecule has 3 heterocycles. The van der Waals surface area contributed by atoms with E-state index in [1.54, 1.807) is 12.4 Å². The fraction of sp³-hybridized carbons (Fsp3) is 0.538. The quantitative estimate of drug-likeness (QED) is 0.903. The van der Waals surface area contributed by atoms with Crippen molar-refractivity contribution < 1.29 is 0 Å². The SMILES string of the molecule is Clc1cn(CCC2CCNCC2)c(-c2ncc[nH]2)n1. The summed E-state index contributed by atoms with van der Waals surface area (Å²) in [5, 5.41) is 3.92. The summed E-state index contributed by atoms with van der Waals surface area (Å²) in [6.45, 7) is 3.22. The maximum Gasteiger partial charge on any atom is 0.177 e. The first-order valence-corrected chi connectivity index (χ1v) is 7.14. The van der Waals surface area contributed by atoms with Gasteiger partial charge in [0.2, 0.25) is 0 Å². The molecule has 0 spiro atoms. The molecule has 0 radical (unpaired) electrons. The highest BCUT2D eigenvalue weighted by molar-refractivity contribution is 6.29. The monoisotopic (exact) mass is 279 g/mol. The molecule has 2 aromatic heterocycles. The summed E-state index contributed by atoms with van der Waals surface area (Å²) in [4.78, 5) is 11.7. The molecule has 0 amide bonds. The number of nitrogens with zero attached hydrogens (tertiary/aromatic N) is 3. The van der Waals surface area contributed by atoms with E-state index >= 15 is 0 Å². The zero-order valence-electron chi connectivity index (χ0n) is 10.8. The number of nitrogens with one attached hydrogen (secondary N) is 2. The van der Waals surface area contributed by atoms with Crippen LogP contribution in [0.1, 0.15) is 19.3 Å². The molecule has 0 aromatic carbocycles. The second-order valence-corrected chi connectivity index (χ2v) is 5.39. The van der Waals surface area contributed by atoms with Gasteiger partial charge in [0.15, 0.2) is 11.6 Å². The molecule has 0 aliphatic carbocycles. The van der Waals surface area contributed by atoms with Gasteiger partial charge in [-0.3, -0.25) is 0 Å². The highest BCUT2D eigenvalue weighted by Gasteiger charge is 2.15. The van der Waals surface area contributed by atoms with Gasteiger partial charge in [0.05, 0.1) is 0 Å². The normalized spacial score (nSPS) is 16.9. The number of piperidine rings is 1. The highest BCUT2D eigenvalue weighted by Crippen LogP contribution is 2.21. The lowest BCUT2D eigenvalue weighted by atomic mass is 9.95. The Morgan fingerprint density at radius 1 is 1.37 bits per heavy atom. The molecule has 19 heavy (non-hydrogen) atoms. The van der Waals surface area contributed by atoms with Gasteiger partial charge in [-0.25, -0.2) is 9.97 Å². The molecular weight excluding hydrogens is 262 g/mol. The average Bonchev–Trinajstić information content (AvgIpc) is 3.06. The molecule has 6 heteroatoms. The van der Waals surface area contributed by atoms with Gasteiger partial charge in [-0.1, -0.05) is 11.6 Å². The number of hydrogen-bond acceptors (Lipinski definition) is 3. The number of rotatable bonds is 4. The fourth-order valence-corrected chi connectivity index (χ4v) is 2.82. The first kappa shape index (κ1) is 12.7. The zero-order chi connectivity index (χ0) is 13.1. The summed E-state index contributed by atoms with van der Waals surface area (Å²) < 4.78 is 2.10. The predicted octanol–water partition coefficient (Wildman–Crippen LogP) is 2.32. The molecule has 2 N–H and O–H groups in total. The Morgan fingerprint density at radius 3 is 2.95 bits per heavy atom. The fourth-order valence-electron chi connectivity index (χ4n) is 2.62. The van der Waals surface area contributed by atoms with Gasteiger partial charge >= 0.3 is 0 Å². The van der Waals surface area contributed by atoms with Crippen molar-refractivity contribution in [1.82, 2.24) is 24.8 Å². The Bertz CT molecular complexity index is 513. The van der Waals surface area contributed by atoms with E-state index in [0.29, 0.717) is 5.15 Å². The van der Waals surface area contributed by atoms with E-state index < -0.39 is 0 Å². The lowest BCUT2D eigenvalue weighted by Gasteiger charge is -2.22. The van der Waals surface area contributed by atoms with Crippen LogP contribution in [0, 0.1) is 5.92 Å². The van der Waals surface area contributed by atoms with Crippen molar-refractivity contribution in [3.8, 4) is 11.6 Å². The second-order valence-electron chi connectivity index (χ2n) is 5.00. The van der Waals surface area contributed by atoms with Crippen LogP contribution in [0.25, 0.3) is 11.6 Å². The van der Waals surface area contributed by atoms with Gasteiger partial charge in [0, 0.05) is 25.1 Å². The topological polar surface area (TPSA) is 58.5 Å². The average molecular weight is 280 g/mol. The summed E-state index contributed by atoms with van der Waals surface area (Å²) in [5.74, 6) is 2.40. The minimum atomic E-state index is 0.525. The van der Waals surface area contributed by atoms with Gasteiger partial charge in [-0.05, 0) is 38.3 Å². The van der Waals surface area contributed by atoms with Crippen LogP contribution in [0.5, 0.6) is 0 Å². The molecular formula is C13H18ClN5. The molecule has 102 valence electrons. The van der Waals surface area contributed by atoms with Gasteiger partial charge in [0.25, 0.3) is 0 Å². The number of aryl methyl sites for hydroxylation is 1. The molecule has 1 saturated heterocycles. The number of H-pyrrole nitrogens is 1. The first-order valence-electron chi connectivity index (χ1n) is 6.76. The van der Waals surface area contributed by atoms with E-state index in [4.69, 9.17) is 11.6 Å². The lowest BCUT2D eigenvalue weighted by Crippen LogP contribution is -2.28. The molecule has 0 unspecified atom stereocenters. The van der Waals surface area contributed by atoms with E-state index in [1.807, 2.05) is 6.20 Å². The van der Waals surface area contributed by atoms with E-state index in [2.05, 4.69) is 24.8 Å². The minimum Gasteiger partial charge on any atom is -0.342 e. The second kappa shape index (κ2) is 5.75. The Hall–Kier alpha value is -1.33. The van der Waals surface area contributed by atoms with Crippen molar-refractivity contribution in [2.24, 2.45) is 5.92 Å². The van der Waals surface area contributed by atoms with Crippen molar-refractivity contribution in [1.29, 1.82) is 0 Å². The van der Waals surface area contributed by atoms with Crippen molar-refractivity contribution in [3.05, 3.63) is 23.7 Å². The summed E-state index contributed by atoms with van der Waals surface area (Å²) in [7, 11) is 0. The van der Waals surface area contributed by atoms with Crippen molar-refractivity contribution in [2.75, 3.05) is 13.1 Å². The first-order chi connectivity index (χ1) is 9.33. The summed E-state index contributed by atoms with van der Waals surface area (Å²) in [6.07, 6.45) is 9.11. The minimum absolute atomic E-state index is 0.525. The smallest absolute Gasteiger partial charge is 0.177 e.